The summed E-state index contributed by atoms with van der Waals surface area (Å²) >= 11 is 0. The molecule has 2 amide bonds. The minimum atomic E-state index is -0.768. The third kappa shape index (κ3) is 3.62. The van der Waals surface area contributed by atoms with Crippen LogP contribution >= 0.6 is 0 Å². The van der Waals surface area contributed by atoms with Crippen molar-refractivity contribution in [2.45, 2.75) is 12.5 Å². The van der Waals surface area contributed by atoms with Crippen molar-refractivity contribution < 1.29 is 23.0 Å². The summed E-state index contributed by atoms with van der Waals surface area (Å²) in [5.41, 5.74) is 0.0426. The number of methoxy groups -OCH3 is 1. The Labute approximate surface area is 150 Å². The SMILES string of the molecule is COc1cc(F)c(NC(=O)N2CCOC(C)(c3ccccc3)C2)cc1F. The van der Waals surface area contributed by atoms with Crippen molar-refractivity contribution in [1.29, 1.82) is 0 Å². The zero-order valence-electron chi connectivity index (χ0n) is 14.6. The zero-order valence-corrected chi connectivity index (χ0v) is 14.6. The first-order chi connectivity index (χ1) is 12.4. The Morgan fingerprint density at radius 1 is 1.23 bits per heavy atom. The van der Waals surface area contributed by atoms with Gasteiger partial charge in [-0.3, -0.25) is 0 Å². The van der Waals surface area contributed by atoms with Gasteiger partial charge in [0.2, 0.25) is 0 Å². The molecule has 0 bridgehead atoms. The summed E-state index contributed by atoms with van der Waals surface area (Å²) in [5.74, 6) is -1.74. The molecular formula is C19H20F2N2O3. The number of hydrogen-bond donors (Lipinski definition) is 1. The normalized spacial score (nSPS) is 19.9. The zero-order chi connectivity index (χ0) is 18.7. The first-order valence-electron chi connectivity index (χ1n) is 8.21. The van der Waals surface area contributed by atoms with E-state index in [1.807, 2.05) is 37.3 Å². The highest BCUT2D eigenvalue weighted by Gasteiger charge is 2.35. The van der Waals surface area contributed by atoms with Crippen LogP contribution in [0.1, 0.15) is 12.5 Å². The van der Waals surface area contributed by atoms with Crippen LogP contribution in [0.2, 0.25) is 0 Å². The number of hydrogen-bond acceptors (Lipinski definition) is 3. The number of halogens is 2. The highest BCUT2D eigenvalue weighted by molar-refractivity contribution is 5.89. The van der Waals surface area contributed by atoms with Gasteiger partial charge in [0.05, 0.1) is 25.9 Å². The van der Waals surface area contributed by atoms with Crippen LogP contribution in [0.5, 0.6) is 5.75 Å². The second-order valence-corrected chi connectivity index (χ2v) is 6.26. The molecule has 0 saturated carbocycles. The lowest BCUT2D eigenvalue weighted by atomic mass is 9.94. The number of nitrogens with one attached hydrogen (secondary N) is 1. The van der Waals surface area contributed by atoms with Gasteiger partial charge in [-0.15, -0.1) is 0 Å². The highest BCUT2D eigenvalue weighted by Crippen LogP contribution is 2.30. The fourth-order valence-electron chi connectivity index (χ4n) is 2.98. The number of carbonyl (C=O) groups excluding carboxylic acids is 1. The lowest BCUT2D eigenvalue weighted by Gasteiger charge is -2.40. The molecule has 1 aliphatic rings. The van der Waals surface area contributed by atoms with E-state index in [1.54, 1.807) is 0 Å². The van der Waals surface area contributed by atoms with Gasteiger partial charge >= 0.3 is 6.03 Å². The van der Waals surface area contributed by atoms with E-state index in [1.165, 1.54) is 12.0 Å². The van der Waals surface area contributed by atoms with Crippen molar-refractivity contribution in [2.24, 2.45) is 0 Å². The maximum Gasteiger partial charge on any atom is 0.322 e. The maximum absolute atomic E-state index is 14.1. The van der Waals surface area contributed by atoms with E-state index in [0.29, 0.717) is 19.7 Å². The second kappa shape index (κ2) is 7.29. The smallest absolute Gasteiger partial charge is 0.322 e. The first-order valence-corrected chi connectivity index (χ1v) is 8.21. The van der Waals surface area contributed by atoms with Crippen LogP contribution in [0.3, 0.4) is 0 Å². The molecule has 3 rings (SSSR count). The number of benzene rings is 2. The Hall–Kier alpha value is -2.67. The van der Waals surface area contributed by atoms with Gasteiger partial charge < -0.3 is 19.7 Å². The Kier molecular flexibility index (Phi) is 5.08. The van der Waals surface area contributed by atoms with Crippen molar-refractivity contribution in [3.05, 3.63) is 59.7 Å². The average Bonchev–Trinajstić information content (AvgIpc) is 2.65. The van der Waals surface area contributed by atoms with Gasteiger partial charge in [-0.25, -0.2) is 13.6 Å². The Morgan fingerprint density at radius 2 is 1.96 bits per heavy atom. The quantitative estimate of drug-likeness (QED) is 0.905. The Bertz CT molecular complexity index is 801. The minimum Gasteiger partial charge on any atom is -0.494 e. The fraction of sp³-hybridized carbons (Fsp3) is 0.316. The van der Waals surface area contributed by atoms with Gasteiger partial charge in [0.1, 0.15) is 5.60 Å². The highest BCUT2D eigenvalue weighted by atomic mass is 19.1. The van der Waals surface area contributed by atoms with Crippen LogP contribution in [0.25, 0.3) is 0 Å². The van der Waals surface area contributed by atoms with Crippen LogP contribution in [0.15, 0.2) is 42.5 Å². The third-order valence-electron chi connectivity index (χ3n) is 4.43. The fourth-order valence-corrected chi connectivity index (χ4v) is 2.98. The topological polar surface area (TPSA) is 50.8 Å². The Balaban J connectivity index is 1.75. The lowest BCUT2D eigenvalue weighted by molar-refractivity contribution is -0.0894. The summed E-state index contributed by atoms with van der Waals surface area (Å²) in [7, 11) is 1.24. The van der Waals surface area contributed by atoms with Gasteiger partial charge in [0.25, 0.3) is 0 Å². The molecule has 0 aliphatic carbocycles. The molecule has 0 radical (unpaired) electrons. The molecule has 1 heterocycles. The van der Waals surface area contributed by atoms with E-state index in [4.69, 9.17) is 9.47 Å². The first kappa shape index (κ1) is 18.1. The average molecular weight is 362 g/mol. The maximum atomic E-state index is 14.1. The second-order valence-electron chi connectivity index (χ2n) is 6.26. The number of ether oxygens (including phenoxy) is 2. The molecular weight excluding hydrogens is 342 g/mol. The Morgan fingerprint density at radius 3 is 2.65 bits per heavy atom. The van der Waals surface area contributed by atoms with E-state index in [9.17, 15) is 13.6 Å². The summed E-state index contributed by atoms with van der Waals surface area (Å²) in [6, 6.07) is 10.9. The van der Waals surface area contributed by atoms with Gasteiger partial charge in [-0.2, -0.15) is 0 Å². The molecule has 1 fully saturated rings. The lowest BCUT2D eigenvalue weighted by Crippen LogP contribution is -2.51. The molecule has 7 heteroatoms. The summed E-state index contributed by atoms with van der Waals surface area (Å²) in [6.45, 7) is 2.89. The molecule has 0 aromatic heterocycles. The molecule has 26 heavy (non-hydrogen) atoms. The van der Waals surface area contributed by atoms with Gasteiger partial charge in [0, 0.05) is 18.7 Å². The summed E-state index contributed by atoms with van der Waals surface area (Å²) in [4.78, 5) is 14.1. The standard InChI is InChI=1S/C19H20F2N2O3/c1-19(13-6-4-3-5-7-13)12-23(8-9-26-19)18(24)22-16-10-15(21)17(25-2)11-14(16)20/h3-7,10-11H,8-9,12H2,1-2H3,(H,22,24). The van der Waals surface area contributed by atoms with Crippen molar-refractivity contribution in [2.75, 3.05) is 32.1 Å². The molecule has 2 aromatic rings. The van der Waals surface area contributed by atoms with E-state index >= 15 is 0 Å². The summed E-state index contributed by atoms with van der Waals surface area (Å²) < 4.78 is 38.5. The van der Waals surface area contributed by atoms with Gasteiger partial charge in [0.15, 0.2) is 17.4 Å². The third-order valence-corrected chi connectivity index (χ3v) is 4.43. The number of carbonyl (C=O) groups is 1. The number of anilines is 1. The molecule has 1 saturated heterocycles. The van der Waals surface area contributed by atoms with Crippen LogP contribution in [0, 0.1) is 11.6 Å². The van der Waals surface area contributed by atoms with Gasteiger partial charge in [-0.1, -0.05) is 30.3 Å². The molecule has 5 nitrogen and oxygen atoms in total. The van der Waals surface area contributed by atoms with E-state index in [2.05, 4.69) is 5.32 Å². The van der Waals surface area contributed by atoms with Crippen LogP contribution < -0.4 is 10.1 Å². The minimum absolute atomic E-state index is 0.219. The van der Waals surface area contributed by atoms with Crippen molar-refractivity contribution in [3.8, 4) is 5.75 Å². The van der Waals surface area contributed by atoms with Crippen LogP contribution in [0.4, 0.5) is 19.3 Å². The molecule has 138 valence electrons. The number of rotatable bonds is 3. The van der Waals surface area contributed by atoms with E-state index in [0.717, 1.165) is 17.7 Å². The molecule has 1 N–H and O–H groups in total. The van der Waals surface area contributed by atoms with E-state index in [-0.39, 0.29) is 11.4 Å². The number of nitrogens with zero attached hydrogens (tertiary/aromatic N) is 1. The number of morpholine rings is 1. The molecule has 1 aliphatic heterocycles. The molecule has 1 unspecified atom stereocenters. The number of urea groups is 1. The predicted octanol–water partition coefficient (Wildman–Crippen LogP) is 3.75. The largest absolute Gasteiger partial charge is 0.494 e. The van der Waals surface area contributed by atoms with Crippen molar-refractivity contribution >= 4 is 11.7 Å². The van der Waals surface area contributed by atoms with Crippen molar-refractivity contribution in [1.82, 2.24) is 4.90 Å². The van der Waals surface area contributed by atoms with Gasteiger partial charge in [-0.05, 0) is 12.5 Å². The number of amides is 2. The summed E-state index contributed by atoms with van der Waals surface area (Å²) in [6.07, 6.45) is 0. The molecule has 0 spiro atoms. The predicted molar refractivity (Wildman–Crippen MR) is 93.2 cm³/mol. The molecule has 1 atom stereocenters. The van der Waals surface area contributed by atoms with Crippen molar-refractivity contribution in [3.63, 3.8) is 0 Å². The summed E-state index contributed by atoms with van der Waals surface area (Å²) in [5, 5.41) is 2.42. The molecule has 2 aromatic carbocycles. The monoisotopic (exact) mass is 362 g/mol. The van der Waals surface area contributed by atoms with Crippen LogP contribution in [-0.4, -0.2) is 37.7 Å². The van der Waals surface area contributed by atoms with Crippen LogP contribution in [-0.2, 0) is 10.3 Å². The van der Waals surface area contributed by atoms with E-state index < -0.39 is 23.3 Å².